The van der Waals surface area contributed by atoms with E-state index >= 15 is 0 Å². The molecule has 2 rings (SSSR count). The van der Waals surface area contributed by atoms with Gasteiger partial charge in [0.25, 0.3) is 5.56 Å². The molecule has 0 aliphatic rings. The molecule has 0 aliphatic heterocycles. The molecule has 1 aromatic carbocycles. The first-order valence-corrected chi connectivity index (χ1v) is 4.99. The molecule has 3 N–H and O–H groups in total. The van der Waals surface area contributed by atoms with Crippen LogP contribution in [0.1, 0.15) is 5.56 Å². The summed E-state index contributed by atoms with van der Waals surface area (Å²) in [6.45, 7) is -0.425. The van der Waals surface area contributed by atoms with Crippen LogP contribution in [-0.2, 0) is 6.61 Å². The van der Waals surface area contributed by atoms with E-state index in [1.165, 1.54) is 6.20 Å². The minimum absolute atomic E-state index is 0.119. The van der Waals surface area contributed by atoms with E-state index in [0.29, 0.717) is 5.69 Å². The first-order valence-electron chi connectivity index (χ1n) is 4.99. The molecule has 0 bridgehead atoms. The summed E-state index contributed by atoms with van der Waals surface area (Å²) in [6.07, 6.45) is 1.20. The molecule has 2 aromatic rings. The number of aromatic amines is 1. The molecule has 0 amide bonds. The Morgan fingerprint density at radius 1 is 1.24 bits per heavy atom. The van der Waals surface area contributed by atoms with E-state index in [4.69, 9.17) is 5.11 Å². The van der Waals surface area contributed by atoms with Crippen molar-refractivity contribution in [2.24, 2.45) is 0 Å². The number of hydrogen-bond acceptors (Lipinski definition) is 4. The van der Waals surface area contributed by atoms with E-state index in [2.05, 4.69) is 10.4 Å². The van der Waals surface area contributed by atoms with Crippen molar-refractivity contribution < 1.29 is 5.11 Å². The van der Waals surface area contributed by atoms with Gasteiger partial charge < -0.3 is 10.1 Å². The van der Waals surface area contributed by atoms with Gasteiger partial charge in [-0.05, 0) is 12.1 Å². The molecule has 1 aromatic heterocycles. The van der Waals surface area contributed by atoms with Crippen molar-refractivity contribution in [2.75, 3.05) is 5.43 Å². The summed E-state index contributed by atoms with van der Waals surface area (Å²) >= 11 is 0. The van der Waals surface area contributed by atoms with Crippen molar-refractivity contribution in [3.05, 3.63) is 62.9 Å². The Morgan fingerprint density at radius 2 is 1.94 bits per heavy atom. The lowest BCUT2D eigenvalue weighted by molar-refractivity contribution is 0.278. The first kappa shape index (κ1) is 11.2. The van der Waals surface area contributed by atoms with Gasteiger partial charge >= 0.3 is 5.69 Å². The van der Waals surface area contributed by atoms with Gasteiger partial charge in [-0.15, -0.1) is 0 Å². The van der Waals surface area contributed by atoms with Crippen LogP contribution in [-0.4, -0.2) is 14.8 Å². The summed E-state index contributed by atoms with van der Waals surface area (Å²) in [5, 5.41) is 8.94. The largest absolute Gasteiger partial charge is 0.391 e. The number of anilines is 1. The van der Waals surface area contributed by atoms with Crippen molar-refractivity contribution in [3.8, 4) is 0 Å². The molecular formula is C11H11N3O3. The predicted molar refractivity (Wildman–Crippen MR) is 62.7 cm³/mol. The average molecular weight is 233 g/mol. The third kappa shape index (κ3) is 2.26. The Kier molecular flexibility index (Phi) is 3.06. The van der Waals surface area contributed by atoms with Crippen LogP contribution in [0, 0.1) is 0 Å². The van der Waals surface area contributed by atoms with Crippen molar-refractivity contribution in [1.82, 2.24) is 9.66 Å². The van der Waals surface area contributed by atoms with Crippen LogP contribution in [0.4, 0.5) is 5.69 Å². The van der Waals surface area contributed by atoms with Crippen LogP contribution < -0.4 is 16.7 Å². The van der Waals surface area contributed by atoms with Crippen molar-refractivity contribution in [2.45, 2.75) is 6.61 Å². The first-order chi connectivity index (χ1) is 8.22. The number of benzene rings is 1. The highest BCUT2D eigenvalue weighted by Crippen LogP contribution is 2.03. The number of H-pyrrole nitrogens is 1. The summed E-state index contributed by atoms with van der Waals surface area (Å²) in [5.41, 5.74) is 2.23. The van der Waals surface area contributed by atoms with Gasteiger partial charge in [-0.1, -0.05) is 18.2 Å². The molecule has 6 heteroatoms. The van der Waals surface area contributed by atoms with Crippen molar-refractivity contribution in [1.29, 1.82) is 0 Å². The zero-order valence-electron chi connectivity index (χ0n) is 8.88. The van der Waals surface area contributed by atoms with Gasteiger partial charge in [0.1, 0.15) is 0 Å². The highest BCUT2D eigenvalue weighted by Gasteiger charge is 2.06. The summed E-state index contributed by atoms with van der Waals surface area (Å²) in [5.74, 6) is 0. The molecule has 0 radical (unpaired) electrons. The Morgan fingerprint density at radius 3 is 2.59 bits per heavy atom. The van der Waals surface area contributed by atoms with Gasteiger partial charge in [0.05, 0.1) is 17.9 Å². The maximum atomic E-state index is 11.7. The standard InChI is InChI=1S/C11H11N3O3/c15-7-8-6-12-11(17)14(10(8)16)13-9-4-2-1-3-5-9/h1-6,13,15H,7H2,(H,12,17). The zero-order chi connectivity index (χ0) is 12.3. The summed E-state index contributed by atoms with van der Waals surface area (Å²) in [6, 6.07) is 8.81. The van der Waals surface area contributed by atoms with E-state index in [1.807, 2.05) is 6.07 Å². The fourth-order valence-electron chi connectivity index (χ4n) is 1.37. The number of nitrogens with one attached hydrogen (secondary N) is 2. The normalized spacial score (nSPS) is 10.2. The van der Waals surface area contributed by atoms with Crippen LogP contribution in [0.3, 0.4) is 0 Å². The highest BCUT2D eigenvalue weighted by molar-refractivity contribution is 5.42. The van der Waals surface area contributed by atoms with E-state index in [1.54, 1.807) is 24.3 Å². The lowest BCUT2D eigenvalue weighted by atomic mass is 10.3. The smallest absolute Gasteiger partial charge is 0.347 e. The summed E-state index contributed by atoms with van der Waals surface area (Å²) in [4.78, 5) is 25.6. The monoisotopic (exact) mass is 233 g/mol. The maximum absolute atomic E-state index is 11.7. The molecular weight excluding hydrogens is 222 g/mol. The lowest BCUT2D eigenvalue weighted by Gasteiger charge is -2.08. The van der Waals surface area contributed by atoms with Crippen LogP contribution in [0.2, 0.25) is 0 Å². The number of hydrogen-bond donors (Lipinski definition) is 3. The molecule has 0 spiro atoms. The highest BCUT2D eigenvalue weighted by atomic mass is 16.3. The third-order valence-electron chi connectivity index (χ3n) is 2.24. The number of para-hydroxylation sites is 1. The summed E-state index contributed by atoms with van der Waals surface area (Å²) in [7, 11) is 0. The molecule has 17 heavy (non-hydrogen) atoms. The lowest BCUT2D eigenvalue weighted by Crippen LogP contribution is -2.41. The van der Waals surface area contributed by atoms with E-state index in [9.17, 15) is 9.59 Å². The number of aromatic nitrogens is 2. The van der Waals surface area contributed by atoms with E-state index in [0.717, 1.165) is 4.68 Å². The molecule has 0 saturated heterocycles. The zero-order valence-corrected chi connectivity index (χ0v) is 8.88. The summed E-state index contributed by atoms with van der Waals surface area (Å²) < 4.78 is 0.820. The number of aliphatic hydroxyl groups is 1. The molecule has 88 valence electrons. The molecule has 6 nitrogen and oxygen atoms in total. The van der Waals surface area contributed by atoms with Gasteiger partial charge in [-0.25, -0.2) is 4.79 Å². The van der Waals surface area contributed by atoms with Crippen LogP contribution in [0.15, 0.2) is 46.1 Å². The van der Waals surface area contributed by atoms with Gasteiger partial charge in [0.2, 0.25) is 0 Å². The number of nitrogens with zero attached hydrogens (tertiary/aromatic N) is 1. The fraction of sp³-hybridized carbons (Fsp3) is 0.0909. The van der Waals surface area contributed by atoms with Crippen molar-refractivity contribution in [3.63, 3.8) is 0 Å². The second-order valence-electron chi connectivity index (χ2n) is 3.40. The van der Waals surface area contributed by atoms with Gasteiger partial charge in [0, 0.05) is 6.20 Å². The van der Waals surface area contributed by atoms with Crippen LogP contribution in [0.25, 0.3) is 0 Å². The Bertz CT molecular complexity index is 616. The fourth-order valence-corrected chi connectivity index (χ4v) is 1.37. The molecule has 0 fully saturated rings. The SMILES string of the molecule is O=c1[nH]cc(CO)c(=O)n1Nc1ccccc1. The van der Waals surface area contributed by atoms with E-state index < -0.39 is 17.9 Å². The van der Waals surface area contributed by atoms with E-state index in [-0.39, 0.29) is 5.56 Å². The minimum Gasteiger partial charge on any atom is -0.391 e. The maximum Gasteiger partial charge on any atom is 0.347 e. The predicted octanol–water partition coefficient (Wildman–Crippen LogP) is -0.0959. The number of aliphatic hydroxyl groups excluding tert-OH is 1. The quantitative estimate of drug-likeness (QED) is 0.691. The average Bonchev–Trinajstić information content (AvgIpc) is 2.36. The van der Waals surface area contributed by atoms with Gasteiger partial charge in [-0.2, -0.15) is 4.68 Å². The molecule has 0 unspecified atom stereocenters. The van der Waals surface area contributed by atoms with Crippen LogP contribution in [0.5, 0.6) is 0 Å². The molecule has 0 atom stereocenters. The Hall–Kier alpha value is -2.34. The Labute approximate surface area is 96.1 Å². The number of rotatable bonds is 3. The topological polar surface area (TPSA) is 87.1 Å². The molecule has 1 heterocycles. The third-order valence-corrected chi connectivity index (χ3v) is 2.24. The minimum atomic E-state index is -0.587. The van der Waals surface area contributed by atoms with Crippen LogP contribution >= 0.6 is 0 Å². The molecule has 0 aliphatic carbocycles. The second-order valence-corrected chi connectivity index (χ2v) is 3.40. The van der Waals surface area contributed by atoms with Gasteiger partial charge in [-0.3, -0.25) is 10.2 Å². The van der Waals surface area contributed by atoms with Crippen molar-refractivity contribution >= 4 is 5.69 Å². The second kappa shape index (κ2) is 4.67. The Balaban J connectivity index is 2.46. The van der Waals surface area contributed by atoms with Gasteiger partial charge in [0.15, 0.2) is 0 Å². The molecule has 0 saturated carbocycles.